The summed E-state index contributed by atoms with van der Waals surface area (Å²) in [5.74, 6) is -0.275. The molecule has 0 unspecified atom stereocenters. The highest BCUT2D eigenvalue weighted by atomic mass is 32.1. The monoisotopic (exact) mass is 547 g/mol. The fourth-order valence-electron chi connectivity index (χ4n) is 3.99. The SMILES string of the molecule is CCCCCCCCOc1ccc2cc(C(=O)Oc3ccc(/N=N/c4ccc(N(C)C)cc4)c(F)c3)sc2c1. The van der Waals surface area contributed by atoms with Gasteiger partial charge in [0, 0.05) is 30.5 Å². The molecule has 0 saturated heterocycles. The Morgan fingerprint density at radius 3 is 2.36 bits per heavy atom. The van der Waals surface area contributed by atoms with Gasteiger partial charge in [0.25, 0.3) is 0 Å². The minimum absolute atomic E-state index is 0.0573. The van der Waals surface area contributed by atoms with Crippen molar-refractivity contribution in [3.63, 3.8) is 0 Å². The first kappa shape index (κ1) is 28.2. The molecule has 0 amide bonds. The normalized spacial score (nSPS) is 11.3. The Balaban J connectivity index is 1.33. The summed E-state index contributed by atoms with van der Waals surface area (Å²) >= 11 is 1.32. The first-order valence-electron chi connectivity index (χ1n) is 13.3. The van der Waals surface area contributed by atoms with Crippen LogP contribution in [0.2, 0.25) is 0 Å². The number of benzene rings is 3. The summed E-state index contributed by atoms with van der Waals surface area (Å²) < 4.78 is 26.9. The number of unbranched alkanes of at least 4 members (excludes halogenated alkanes) is 5. The maximum Gasteiger partial charge on any atom is 0.353 e. The van der Waals surface area contributed by atoms with Crippen molar-refractivity contribution in [2.75, 3.05) is 25.6 Å². The van der Waals surface area contributed by atoms with E-state index in [9.17, 15) is 9.18 Å². The first-order chi connectivity index (χ1) is 18.9. The molecule has 0 fully saturated rings. The van der Waals surface area contributed by atoms with E-state index in [2.05, 4.69) is 17.2 Å². The Morgan fingerprint density at radius 2 is 1.62 bits per heavy atom. The number of halogens is 1. The number of azo groups is 1. The quantitative estimate of drug-likeness (QED) is 0.0724. The molecule has 4 aromatic rings. The Bertz CT molecular complexity index is 1420. The summed E-state index contributed by atoms with van der Waals surface area (Å²) in [5.41, 5.74) is 1.69. The Hall–Kier alpha value is -3.78. The van der Waals surface area contributed by atoms with Gasteiger partial charge in [-0.1, -0.05) is 39.0 Å². The van der Waals surface area contributed by atoms with Gasteiger partial charge in [-0.05, 0) is 72.5 Å². The lowest BCUT2D eigenvalue weighted by molar-refractivity contribution is 0.0739. The first-order valence-corrected chi connectivity index (χ1v) is 14.1. The van der Waals surface area contributed by atoms with E-state index in [1.807, 2.05) is 61.5 Å². The average Bonchev–Trinajstić information content (AvgIpc) is 3.36. The van der Waals surface area contributed by atoms with Crippen LogP contribution in [0.4, 0.5) is 21.5 Å². The number of anilines is 1. The molecule has 0 radical (unpaired) electrons. The third kappa shape index (κ3) is 8.10. The largest absolute Gasteiger partial charge is 0.494 e. The molecule has 0 N–H and O–H groups in total. The molecule has 0 spiro atoms. The number of carbonyl (C=O) groups is 1. The number of fused-ring (bicyclic) bond motifs is 1. The van der Waals surface area contributed by atoms with Gasteiger partial charge in [-0.25, -0.2) is 9.18 Å². The summed E-state index contributed by atoms with van der Waals surface area (Å²) in [7, 11) is 3.90. The van der Waals surface area contributed by atoms with Crippen LogP contribution in [0.3, 0.4) is 0 Å². The van der Waals surface area contributed by atoms with Gasteiger partial charge >= 0.3 is 5.97 Å². The predicted octanol–water partition coefficient (Wildman–Crippen LogP) is 9.48. The smallest absolute Gasteiger partial charge is 0.353 e. The molecule has 1 heterocycles. The van der Waals surface area contributed by atoms with Crippen molar-refractivity contribution in [3.05, 3.63) is 77.4 Å². The van der Waals surface area contributed by atoms with Gasteiger partial charge < -0.3 is 14.4 Å². The molecule has 0 aliphatic carbocycles. The minimum Gasteiger partial charge on any atom is -0.494 e. The molecule has 0 bridgehead atoms. The van der Waals surface area contributed by atoms with Crippen LogP contribution in [0.25, 0.3) is 10.1 Å². The van der Waals surface area contributed by atoms with Crippen molar-refractivity contribution in [2.24, 2.45) is 10.2 Å². The van der Waals surface area contributed by atoms with Gasteiger partial charge in [-0.3, -0.25) is 0 Å². The molecule has 0 aliphatic heterocycles. The summed E-state index contributed by atoms with van der Waals surface area (Å²) in [6.45, 7) is 2.90. The van der Waals surface area contributed by atoms with Crippen LogP contribution < -0.4 is 14.4 Å². The molecule has 0 aliphatic rings. The zero-order chi connectivity index (χ0) is 27.6. The van der Waals surface area contributed by atoms with Crippen LogP contribution >= 0.6 is 11.3 Å². The number of thiophene rings is 1. The van der Waals surface area contributed by atoms with Gasteiger partial charge in [0.2, 0.25) is 0 Å². The zero-order valence-corrected chi connectivity index (χ0v) is 23.5. The summed E-state index contributed by atoms with van der Waals surface area (Å²) in [4.78, 5) is 15.2. The number of hydrogen-bond acceptors (Lipinski definition) is 7. The number of esters is 1. The van der Waals surface area contributed by atoms with Crippen LogP contribution in [-0.2, 0) is 0 Å². The molecule has 8 heteroatoms. The van der Waals surface area contributed by atoms with Gasteiger partial charge in [0.05, 0.1) is 12.3 Å². The van der Waals surface area contributed by atoms with E-state index in [-0.39, 0.29) is 11.4 Å². The van der Waals surface area contributed by atoms with E-state index in [1.165, 1.54) is 55.6 Å². The van der Waals surface area contributed by atoms with Crippen molar-refractivity contribution in [3.8, 4) is 11.5 Å². The zero-order valence-electron chi connectivity index (χ0n) is 22.7. The predicted molar refractivity (Wildman–Crippen MR) is 157 cm³/mol. The third-order valence-corrected chi connectivity index (χ3v) is 7.31. The lowest BCUT2D eigenvalue weighted by Crippen LogP contribution is -2.07. The highest BCUT2D eigenvalue weighted by Crippen LogP contribution is 2.31. The third-order valence-electron chi connectivity index (χ3n) is 6.23. The Kier molecular flexibility index (Phi) is 10.0. The van der Waals surface area contributed by atoms with Gasteiger partial charge in [-0.15, -0.1) is 16.5 Å². The lowest BCUT2D eigenvalue weighted by atomic mass is 10.1. The molecule has 0 saturated carbocycles. The van der Waals surface area contributed by atoms with Crippen molar-refractivity contribution in [1.29, 1.82) is 0 Å². The second-order valence-corrected chi connectivity index (χ2v) is 10.6. The number of nitrogens with zero attached hydrogens (tertiary/aromatic N) is 3. The minimum atomic E-state index is -0.627. The topological polar surface area (TPSA) is 63.5 Å². The second kappa shape index (κ2) is 13.8. The summed E-state index contributed by atoms with van der Waals surface area (Å²) in [6.07, 6.45) is 7.27. The lowest BCUT2D eigenvalue weighted by Gasteiger charge is -2.11. The number of rotatable bonds is 13. The number of hydrogen-bond donors (Lipinski definition) is 0. The fraction of sp³-hybridized carbons (Fsp3) is 0.323. The van der Waals surface area contributed by atoms with Crippen molar-refractivity contribution >= 4 is 44.5 Å². The number of carbonyl (C=O) groups excluding carboxylic acids is 1. The van der Waals surface area contributed by atoms with Crippen molar-refractivity contribution in [2.45, 2.75) is 45.4 Å². The van der Waals surface area contributed by atoms with Crippen molar-refractivity contribution < 1.29 is 18.7 Å². The van der Waals surface area contributed by atoms with Gasteiger partial charge in [0.1, 0.15) is 22.1 Å². The molecule has 0 atom stereocenters. The Morgan fingerprint density at radius 1 is 0.872 bits per heavy atom. The highest BCUT2D eigenvalue weighted by molar-refractivity contribution is 7.20. The molecule has 3 aromatic carbocycles. The number of ether oxygens (including phenoxy) is 2. The highest BCUT2D eigenvalue weighted by Gasteiger charge is 2.15. The van der Waals surface area contributed by atoms with E-state index in [0.717, 1.165) is 34.0 Å². The summed E-state index contributed by atoms with van der Waals surface area (Å²) in [5, 5.41) is 9.02. The maximum absolute atomic E-state index is 14.6. The molecular weight excluding hydrogens is 513 g/mol. The fourth-order valence-corrected chi connectivity index (χ4v) is 4.96. The van der Waals surface area contributed by atoms with E-state index in [4.69, 9.17) is 9.47 Å². The standard InChI is InChI=1S/C31H34FN3O3S/c1-4-5-6-7-8-9-18-37-25-15-10-22-19-30(39-29(22)21-25)31(36)38-26-16-17-28(27(32)20-26)34-33-23-11-13-24(14-12-23)35(2)3/h10-17,19-21H,4-9,18H2,1-3H3/b34-33+. The molecule has 204 valence electrons. The van der Waals surface area contributed by atoms with Crippen LogP contribution in [0.5, 0.6) is 11.5 Å². The van der Waals surface area contributed by atoms with Crippen LogP contribution in [-0.4, -0.2) is 26.7 Å². The van der Waals surface area contributed by atoms with Crippen LogP contribution in [0.15, 0.2) is 77.0 Å². The molecule has 1 aromatic heterocycles. The van der Waals surface area contributed by atoms with E-state index >= 15 is 0 Å². The summed E-state index contributed by atoms with van der Waals surface area (Å²) in [6, 6.07) is 19.1. The second-order valence-electron chi connectivity index (χ2n) is 9.54. The molecule has 6 nitrogen and oxygen atoms in total. The van der Waals surface area contributed by atoms with Crippen LogP contribution in [0, 0.1) is 5.82 Å². The van der Waals surface area contributed by atoms with Crippen LogP contribution in [0.1, 0.15) is 55.1 Å². The Labute approximate surface area is 233 Å². The average molecular weight is 548 g/mol. The van der Waals surface area contributed by atoms with E-state index in [1.54, 1.807) is 6.07 Å². The van der Waals surface area contributed by atoms with E-state index in [0.29, 0.717) is 17.2 Å². The molecular formula is C31H34FN3O3S. The van der Waals surface area contributed by atoms with Crippen molar-refractivity contribution in [1.82, 2.24) is 0 Å². The molecule has 4 rings (SSSR count). The van der Waals surface area contributed by atoms with Gasteiger partial charge in [0.15, 0.2) is 5.82 Å². The maximum atomic E-state index is 14.6. The van der Waals surface area contributed by atoms with E-state index < -0.39 is 11.8 Å². The molecule has 39 heavy (non-hydrogen) atoms. The van der Waals surface area contributed by atoms with Gasteiger partial charge in [-0.2, -0.15) is 5.11 Å².